The van der Waals surface area contributed by atoms with Crippen LogP contribution in [-0.4, -0.2) is 52.5 Å². The molecule has 0 bridgehead atoms. The fourth-order valence-corrected chi connectivity index (χ4v) is 3.68. The summed E-state index contributed by atoms with van der Waals surface area (Å²) in [4.78, 5) is 7.22. The highest BCUT2D eigenvalue weighted by atomic mass is 127. The molecule has 0 amide bonds. The number of rotatable bonds is 8. The number of nitrogens with one attached hydrogen (secondary N) is 2. The van der Waals surface area contributed by atoms with Crippen molar-refractivity contribution in [2.75, 3.05) is 51.4 Å². The normalized spacial score (nSPS) is 14.0. The van der Waals surface area contributed by atoms with Crippen molar-refractivity contribution in [2.24, 2.45) is 4.99 Å². The number of anilines is 1. The van der Waals surface area contributed by atoms with Crippen LogP contribution in [0.25, 0.3) is 0 Å². The zero-order chi connectivity index (χ0) is 21.2. The molecule has 1 fully saturated rings. The summed E-state index contributed by atoms with van der Waals surface area (Å²) >= 11 is 0. The van der Waals surface area contributed by atoms with Crippen molar-refractivity contribution in [3.63, 3.8) is 0 Å². The van der Waals surface area contributed by atoms with E-state index < -0.39 is 0 Å². The van der Waals surface area contributed by atoms with E-state index in [1.54, 1.807) is 7.11 Å². The fourth-order valence-electron chi connectivity index (χ4n) is 3.68. The van der Waals surface area contributed by atoms with Crippen LogP contribution in [0, 0.1) is 6.92 Å². The second-order valence-electron chi connectivity index (χ2n) is 7.42. The van der Waals surface area contributed by atoms with Crippen molar-refractivity contribution < 1.29 is 9.47 Å². The van der Waals surface area contributed by atoms with E-state index in [1.807, 2.05) is 6.07 Å². The highest BCUT2D eigenvalue weighted by Crippen LogP contribution is 2.22. The lowest BCUT2D eigenvalue weighted by atomic mass is 10.1. The van der Waals surface area contributed by atoms with Gasteiger partial charge in [0.15, 0.2) is 5.96 Å². The van der Waals surface area contributed by atoms with E-state index in [2.05, 4.69) is 65.8 Å². The van der Waals surface area contributed by atoms with Gasteiger partial charge in [-0.2, -0.15) is 0 Å². The van der Waals surface area contributed by atoms with Crippen molar-refractivity contribution in [3.05, 3.63) is 59.2 Å². The Kier molecular flexibility index (Phi) is 10.9. The number of morpholine rings is 1. The van der Waals surface area contributed by atoms with Gasteiger partial charge in [0.1, 0.15) is 5.75 Å². The average Bonchev–Trinajstić information content (AvgIpc) is 2.78. The summed E-state index contributed by atoms with van der Waals surface area (Å²) in [6.07, 6.45) is 0.875. The molecule has 31 heavy (non-hydrogen) atoms. The molecule has 0 radical (unpaired) electrons. The highest BCUT2D eigenvalue weighted by molar-refractivity contribution is 14.0. The van der Waals surface area contributed by atoms with Gasteiger partial charge in [0, 0.05) is 31.9 Å². The van der Waals surface area contributed by atoms with Crippen molar-refractivity contribution in [3.8, 4) is 5.75 Å². The maximum absolute atomic E-state index is 5.50. The van der Waals surface area contributed by atoms with Crippen LogP contribution < -0.4 is 20.3 Å². The van der Waals surface area contributed by atoms with Gasteiger partial charge in [-0.1, -0.05) is 35.9 Å². The van der Waals surface area contributed by atoms with Gasteiger partial charge in [-0.3, -0.25) is 0 Å². The number of aliphatic imine (C=N–C) groups is 1. The molecule has 0 aliphatic carbocycles. The number of halogens is 1. The van der Waals surface area contributed by atoms with Crippen LogP contribution >= 0.6 is 24.0 Å². The highest BCUT2D eigenvalue weighted by Gasteiger charge is 2.14. The minimum absolute atomic E-state index is 0. The van der Waals surface area contributed by atoms with E-state index in [4.69, 9.17) is 14.5 Å². The van der Waals surface area contributed by atoms with Crippen molar-refractivity contribution in [1.82, 2.24) is 10.6 Å². The summed E-state index contributed by atoms with van der Waals surface area (Å²) in [6.45, 7) is 9.86. The van der Waals surface area contributed by atoms with E-state index in [9.17, 15) is 0 Å². The Morgan fingerprint density at radius 1 is 1.10 bits per heavy atom. The van der Waals surface area contributed by atoms with Gasteiger partial charge in [0.2, 0.25) is 0 Å². The monoisotopic (exact) mass is 538 g/mol. The Bertz CT molecular complexity index is 838. The third-order valence-corrected chi connectivity index (χ3v) is 5.22. The SMILES string of the molecule is CCNC(=NCc1ccccc1N1CCOCC1)NCCc1cc(C)ccc1OC.I. The van der Waals surface area contributed by atoms with Gasteiger partial charge in [0.25, 0.3) is 0 Å². The van der Waals surface area contributed by atoms with Crippen LogP contribution in [0.1, 0.15) is 23.6 Å². The first-order chi connectivity index (χ1) is 14.7. The number of hydrogen-bond donors (Lipinski definition) is 2. The van der Waals surface area contributed by atoms with Crippen LogP contribution in [0.4, 0.5) is 5.69 Å². The number of para-hydroxylation sites is 1. The maximum Gasteiger partial charge on any atom is 0.191 e. The van der Waals surface area contributed by atoms with Crippen LogP contribution in [0.2, 0.25) is 0 Å². The topological polar surface area (TPSA) is 58.1 Å². The van der Waals surface area contributed by atoms with Crippen LogP contribution in [-0.2, 0) is 17.7 Å². The Labute approximate surface area is 203 Å². The number of nitrogens with zero attached hydrogens (tertiary/aromatic N) is 2. The quantitative estimate of drug-likeness (QED) is 0.305. The lowest BCUT2D eigenvalue weighted by Crippen LogP contribution is -2.38. The van der Waals surface area contributed by atoms with E-state index in [-0.39, 0.29) is 24.0 Å². The molecule has 0 saturated carbocycles. The molecule has 170 valence electrons. The molecule has 0 unspecified atom stereocenters. The Balaban J connectivity index is 0.00000341. The van der Waals surface area contributed by atoms with Gasteiger partial charge in [-0.15, -0.1) is 24.0 Å². The molecule has 0 atom stereocenters. The molecule has 7 heteroatoms. The summed E-state index contributed by atoms with van der Waals surface area (Å²) < 4.78 is 11.0. The Hall–Kier alpha value is -2.00. The molecule has 0 spiro atoms. The summed E-state index contributed by atoms with van der Waals surface area (Å²) in [5.74, 6) is 1.77. The minimum Gasteiger partial charge on any atom is -0.496 e. The predicted octanol–water partition coefficient (Wildman–Crippen LogP) is 3.76. The van der Waals surface area contributed by atoms with Crippen LogP contribution in [0.5, 0.6) is 5.75 Å². The second-order valence-corrected chi connectivity index (χ2v) is 7.42. The molecule has 1 aliphatic heterocycles. The van der Waals surface area contributed by atoms with Gasteiger partial charge in [-0.25, -0.2) is 4.99 Å². The second kappa shape index (κ2) is 13.4. The number of ether oxygens (including phenoxy) is 2. The fraction of sp³-hybridized carbons (Fsp3) is 0.458. The summed E-state index contributed by atoms with van der Waals surface area (Å²) in [5.41, 5.74) is 4.94. The lowest BCUT2D eigenvalue weighted by molar-refractivity contribution is 0.122. The third-order valence-electron chi connectivity index (χ3n) is 5.22. The molecule has 0 aromatic heterocycles. The molecule has 1 aliphatic rings. The zero-order valence-corrected chi connectivity index (χ0v) is 21.1. The number of benzene rings is 2. The molecule has 1 saturated heterocycles. The Morgan fingerprint density at radius 2 is 1.87 bits per heavy atom. The first kappa shape index (κ1) is 25.3. The largest absolute Gasteiger partial charge is 0.496 e. The number of guanidine groups is 1. The zero-order valence-electron chi connectivity index (χ0n) is 18.8. The smallest absolute Gasteiger partial charge is 0.191 e. The van der Waals surface area contributed by atoms with E-state index in [0.29, 0.717) is 6.54 Å². The predicted molar refractivity (Wildman–Crippen MR) is 139 cm³/mol. The van der Waals surface area contributed by atoms with Crippen molar-refractivity contribution >= 4 is 35.6 Å². The minimum atomic E-state index is 0. The summed E-state index contributed by atoms with van der Waals surface area (Å²) in [6, 6.07) is 14.8. The first-order valence-electron chi connectivity index (χ1n) is 10.8. The molecule has 2 aromatic rings. The Morgan fingerprint density at radius 3 is 2.61 bits per heavy atom. The van der Waals surface area contributed by atoms with Gasteiger partial charge < -0.3 is 25.0 Å². The van der Waals surface area contributed by atoms with Crippen LogP contribution in [0.3, 0.4) is 0 Å². The average molecular weight is 538 g/mol. The van der Waals surface area contributed by atoms with Crippen molar-refractivity contribution in [2.45, 2.75) is 26.8 Å². The standard InChI is InChI=1S/C24H34N4O2.HI/c1-4-25-24(26-12-11-20-17-19(2)9-10-23(20)29-3)27-18-21-7-5-6-8-22(21)28-13-15-30-16-14-28;/h5-10,17H,4,11-16,18H2,1-3H3,(H2,25,26,27);1H. The number of methoxy groups -OCH3 is 1. The third kappa shape index (κ3) is 7.57. The first-order valence-corrected chi connectivity index (χ1v) is 10.8. The van der Waals surface area contributed by atoms with Gasteiger partial charge in [0.05, 0.1) is 26.9 Å². The lowest BCUT2D eigenvalue weighted by Gasteiger charge is -2.30. The van der Waals surface area contributed by atoms with E-state index >= 15 is 0 Å². The molecular weight excluding hydrogens is 503 g/mol. The molecule has 6 nitrogen and oxygen atoms in total. The molecule has 2 aromatic carbocycles. The molecular formula is C24H35IN4O2. The van der Waals surface area contributed by atoms with Crippen molar-refractivity contribution in [1.29, 1.82) is 0 Å². The van der Waals surface area contributed by atoms with Gasteiger partial charge >= 0.3 is 0 Å². The number of hydrogen-bond acceptors (Lipinski definition) is 4. The maximum atomic E-state index is 5.50. The number of aryl methyl sites for hydroxylation is 1. The summed E-state index contributed by atoms with van der Waals surface area (Å²) in [5, 5.41) is 6.81. The van der Waals surface area contributed by atoms with E-state index in [0.717, 1.165) is 57.5 Å². The molecule has 2 N–H and O–H groups in total. The van der Waals surface area contributed by atoms with Crippen LogP contribution in [0.15, 0.2) is 47.5 Å². The van der Waals surface area contributed by atoms with E-state index in [1.165, 1.54) is 22.4 Å². The molecule has 1 heterocycles. The van der Waals surface area contributed by atoms with Gasteiger partial charge in [-0.05, 0) is 43.5 Å². The molecule has 3 rings (SSSR count). The summed E-state index contributed by atoms with van der Waals surface area (Å²) in [7, 11) is 1.72.